The molecule has 0 aromatic heterocycles. The van der Waals surface area contributed by atoms with Crippen LogP contribution in [0.2, 0.25) is 0 Å². The van der Waals surface area contributed by atoms with Crippen molar-refractivity contribution in [2.45, 2.75) is 50.9 Å². The van der Waals surface area contributed by atoms with E-state index in [2.05, 4.69) is 48.7 Å². The minimum Gasteiger partial charge on any atom is -0.394 e. The van der Waals surface area contributed by atoms with Gasteiger partial charge in [0.05, 0.1) is 6.61 Å². The normalized spacial score (nSPS) is 26.7. The molecule has 0 spiro atoms. The Morgan fingerprint density at radius 2 is 2.00 bits per heavy atom. The zero-order valence-electron chi connectivity index (χ0n) is 14.2. The molecule has 0 unspecified atom stereocenters. The highest BCUT2D eigenvalue weighted by atomic mass is 16.3. The molecule has 2 heterocycles. The third-order valence-corrected chi connectivity index (χ3v) is 4.93. The number of fused-ring (bicyclic) bond motifs is 1. The molecular formula is C18H25N3O3. The number of aliphatic hydroxyl groups excluding tert-OH is 1. The molecule has 2 fully saturated rings. The van der Waals surface area contributed by atoms with E-state index in [1.807, 2.05) is 0 Å². The molecule has 0 aliphatic carbocycles. The van der Waals surface area contributed by atoms with Gasteiger partial charge < -0.3 is 20.6 Å². The largest absolute Gasteiger partial charge is 0.394 e. The molecule has 2 aliphatic heterocycles. The lowest BCUT2D eigenvalue weighted by Crippen LogP contribution is -2.62. The van der Waals surface area contributed by atoms with Crippen LogP contribution >= 0.6 is 0 Å². The summed E-state index contributed by atoms with van der Waals surface area (Å²) in [6, 6.07) is 7.39. The molecule has 0 bridgehead atoms. The van der Waals surface area contributed by atoms with Gasteiger partial charge in [0.1, 0.15) is 12.1 Å². The topological polar surface area (TPSA) is 81.7 Å². The number of rotatable bonds is 5. The number of benzene rings is 1. The van der Waals surface area contributed by atoms with E-state index in [0.29, 0.717) is 25.4 Å². The lowest BCUT2D eigenvalue weighted by Gasteiger charge is -2.33. The van der Waals surface area contributed by atoms with E-state index in [1.165, 1.54) is 11.1 Å². The Morgan fingerprint density at radius 1 is 1.29 bits per heavy atom. The number of hydrogen-bond acceptors (Lipinski definition) is 4. The van der Waals surface area contributed by atoms with Crippen LogP contribution < -0.4 is 10.6 Å². The Kier molecular flexibility index (Phi) is 4.87. The lowest BCUT2D eigenvalue weighted by molar-refractivity contribution is -0.148. The number of amides is 2. The van der Waals surface area contributed by atoms with E-state index in [-0.39, 0.29) is 24.5 Å². The first kappa shape index (κ1) is 16.9. The summed E-state index contributed by atoms with van der Waals surface area (Å²) in [4.78, 5) is 25.9. The summed E-state index contributed by atoms with van der Waals surface area (Å²) < 4.78 is 0. The standard InChI is InChI=1S/C18H25N3O3/c1-11(2)13-5-3-12(4-6-13)8-19-14-7-16-17(23)20-15(10-22)18(24)21(16)9-14/h3-6,11,14-16,19,22H,7-10H2,1-2H3,(H,20,23)/t14-,15-,16-/m0/s1. The summed E-state index contributed by atoms with van der Waals surface area (Å²) >= 11 is 0. The zero-order valence-corrected chi connectivity index (χ0v) is 14.2. The van der Waals surface area contributed by atoms with Gasteiger partial charge in [0.2, 0.25) is 11.8 Å². The molecule has 0 radical (unpaired) electrons. The molecule has 6 nitrogen and oxygen atoms in total. The average Bonchev–Trinajstić information content (AvgIpc) is 3.02. The predicted octanol–water partition coefficient (Wildman–Crippen LogP) is 0.360. The highest BCUT2D eigenvalue weighted by Gasteiger charge is 2.45. The number of carbonyl (C=O) groups excluding carboxylic acids is 2. The van der Waals surface area contributed by atoms with Gasteiger partial charge in [0.25, 0.3) is 0 Å². The molecule has 3 N–H and O–H groups in total. The molecule has 2 aliphatic rings. The van der Waals surface area contributed by atoms with E-state index in [1.54, 1.807) is 4.90 Å². The van der Waals surface area contributed by atoms with Crippen LogP contribution in [-0.2, 0) is 16.1 Å². The molecule has 1 aromatic rings. The fourth-order valence-corrected chi connectivity index (χ4v) is 3.41. The minimum atomic E-state index is -0.795. The first-order valence-corrected chi connectivity index (χ1v) is 8.53. The van der Waals surface area contributed by atoms with Crippen LogP contribution in [0, 0.1) is 0 Å². The van der Waals surface area contributed by atoms with Crippen LogP contribution in [0.4, 0.5) is 0 Å². The number of hydrogen-bond donors (Lipinski definition) is 3. The second-order valence-electron chi connectivity index (χ2n) is 6.96. The summed E-state index contributed by atoms with van der Waals surface area (Å²) in [5.41, 5.74) is 2.50. The second kappa shape index (κ2) is 6.91. The van der Waals surface area contributed by atoms with Gasteiger partial charge in [-0.15, -0.1) is 0 Å². The maximum Gasteiger partial charge on any atom is 0.248 e. The number of nitrogens with one attached hydrogen (secondary N) is 2. The van der Waals surface area contributed by atoms with Crippen LogP contribution in [0.15, 0.2) is 24.3 Å². The second-order valence-corrected chi connectivity index (χ2v) is 6.96. The van der Waals surface area contributed by atoms with Gasteiger partial charge >= 0.3 is 0 Å². The van der Waals surface area contributed by atoms with Crippen molar-refractivity contribution in [2.24, 2.45) is 0 Å². The van der Waals surface area contributed by atoms with E-state index in [0.717, 1.165) is 0 Å². The quantitative estimate of drug-likeness (QED) is 0.728. The molecule has 3 rings (SSSR count). The van der Waals surface area contributed by atoms with Crippen molar-refractivity contribution in [3.8, 4) is 0 Å². The van der Waals surface area contributed by atoms with Gasteiger partial charge in [-0.3, -0.25) is 9.59 Å². The maximum absolute atomic E-state index is 12.2. The Morgan fingerprint density at radius 3 is 2.62 bits per heavy atom. The molecule has 24 heavy (non-hydrogen) atoms. The third-order valence-electron chi connectivity index (χ3n) is 4.93. The minimum absolute atomic E-state index is 0.0897. The first-order chi connectivity index (χ1) is 11.5. The number of nitrogens with zero attached hydrogens (tertiary/aromatic N) is 1. The fraction of sp³-hybridized carbons (Fsp3) is 0.556. The van der Waals surface area contributed by atoms with Crippen molar-refractivity contribution in [3.05, 3.63) is 35.4 Å². The van der Waals surface area contributed by atoms with Gasteiger partial charge in [0, 0.05) is 19.1 Å². The molecule has 2 saturated heterocycles. The van der Waals surface area contributed by atoms with Gasteiger partial charge in [-0.2, -0.15) is 0 Å². The zero-order chi connectivity index (χ0) is 17.3. The van der Waals surface area contributed by atoms with Crippen LogP contribution in [0.1, 0.15) is 37.3 Å². The Labute approximate surface area is 142 Å². The monoisotopic (exact) mass is 331 g/mol. The molecule has 6 heteroatoms. The molecular weight excluding hydrogens is 306 g/mol. The Bertz CT molecular complexity index is 614. The fourth-order valence-electron chi connectivity index (χ4n) is 3.41. The van der Waals surface area contributed by atoms with Crippen LogP contribution in [0.3, 0.4) is 0 Å². The van der Waals surface area contributed by atoms with E-state index < -0.39 is 12.1 Å². The highest BCUT2D eigenvalue weighted by Crippen LogP contribution is 2.23. The highest BCUT2D eigenvalue weighted by molar-refractivity contribution is 5.97. The van der Waals surface area contributed by atoms with Crippen LogP contribution in [0.5, 0.6) is 0 Å². The molecule has 0 saturated carbocycles. The molecule has 3 atom stereocenters. The maximum atomic E-state index is 12.2. The number of carbonyl (C=O) groups is 2. The van der Waals surface area contributed by atoms with Gasteiger partial charge in [0.15, 0.2) is 0 Å². The van der Waals surface area contributed by atoms with E-state index >= 15 is 0 Å². The predicted molar refractivity (Wildman–Crippen MR) is 90.3 cm³/mol. The number of aliphatic hydroxyl groups is 1. The van der Waals surface area contributed by atoms with E-state index in [4.69, 9.17) is 0 Å². The van der Waals surface area contributed by atoms with Gasteiger partial charge in [-0.05, 0) is 23.5 Å². The van der Waals surface area contributed by atoms with E-state index in [9.17, 15) is 14.7 Å². The summed E-state index contributed by atoms with van der Waals surface area (Å²) in [5, 5.41) is 15.2. The summed E-state index contributed by atoms with van der Waals surface area (Å²) in [5.74, 6) is 0.161. The lowest BCUT2D eigenvalue weighted by atomic mass is 10.0. The number of piperazine rings is 1. The summed E-state index contributed by atoms with van der Waals surface area (Å²) in [7, 11) is 0. The molecule has 130 valence electrons. The summed E-state index contributed by atoms with van der Waals surface area (Å²) in [6.07, 6.45) is 0.611. The third kappa shape index (κ3) is 3.30. The molecule has 2 amide bonds. The van der Waals surface area contributed by atoms with Crippen molar-refractivity contribution >= 4 is 11.8 Å². The Hall–Kier alpha value is -1.92. The van der Waals surface area contributed by atoms with Crippen LogP contribution in [0.25, 0.3) is 0 Å². The SMILES string of the molecule is CC(C)c1ccc(CN[C@H]2C[C@H]3C(=O)N[C@@H](CO)C(=O)N3C2)cc1. The van der Waals surface area contributed by atoms with Gasteiger partial charge in [-0.1, -0.05) is 38.1 Å². The van der Waals surface area contributed by atoms with Crippen molar-refractivity contribution < 1.29 is 14.7 Å². The summed E-state index contributed by atoms with van der Waals surface area (Å²) in [6.45, 7) is 5.21. The van der Waals surface area contributed by atoms with Crippen molar-refractivity contribution in [3.63, 3.8) is 0 Å². The molecule has 1 aromatic carbocycles. The van der Waals surface area contributed by atoms with Crippen molar-refractivity contribution in [1.29, 1.82) is 0 Å². The van der Waals surface area contributed by atoms with Crippen molar-refractivity contribution in [2.75, 3.05) is 13.2 Å². The van der Waals surface area contributed by atoms with Gasteiger partial charge in [-0.25, -0.2) is 0 Å². The first-order valence-electron chi connectivity index (χ1n) is 8.53. The van der Waals surface area contributed by atoms with Crippen molar-refractivity contribution in [1.82, 2.24) is 15.5 Å². The average molecular weight is 331 g/mol. The smallest absolute Gasteiger partial charge is 0.248 e. The van der Waals surface area contributed by atoms with Crippen LogP contribution in [-0.4, -0.2) is 53.1 Å². The Balaban J connectivity index is 1.58.